The van der Waals surface area contributed by atoms with Crippen molar-refractivity contribution in [2.24, 2.45) is 11.8 Å². The van der Waals surface area contributed by atoms with E-state index in [9.17, 15) is 19.6 Å². The normalized spacial score (nSPS) is 11.7. The van der Waals surface area contributed by atoms with Crippen LogP contribution in [0.3, 0.4) is 0 Å². The van der Waals surface area contributed by atoms with Crippen molar-refractivity contribution in [2.75, 3.05) is 20.7 Å². The fourth-order valence-corrected chi connectivity index (χ4v) is 2.58. The number of rotatable bonds is 8. The number of imide groups is 2. The molecule has 0 saturated carbocycles. The van der Waals surface area contributed by atoms with Crippen LogP contribution >= 0.6 is 0 Å². The Labute approximate surface area is 166 Å². The molecule has 8 heteroatoms. The van der Waals surface area contributed by atoms with Crippen molar-refractivity contribution in [3.63, 3.8) is 0 Å². The molecule has 5 amide bonds. The van der Waals surface area contributed by atoms with Gasteiger partial charge in [0.15, 0.2) is 0 Å². The van der Waals surface area contributed by atoms with E-state index in [0.717, 1.165) is 16.9 Å². The second-order valence-electron chi connectivity index (χ2n) is 7.11. The summed E-state index contributed by atoms with van der Waals surface area (Å²) < 4.78 is 5.10. The van der Waals surface area contributed by atoms with Crippen LogP contribution in [0.25, 0.3) is 0 Å². The molecule has 0 spiro atoms. The minimum atomic E-state index is -1.06. The van der Waals surface area contributed by atoms with Gasteiger partial charge >= 0.3 is 12.1 Å². The van der Waals surface area contributed by atoms with E-state index in [2.05, 4.69) is 5.32 Å². The summed E-state index contributed by atoms with van der Waals surface area (Å²) in [7, 11) is 2.95. The van der Waals surface area contributed by atoms with E-state index in [0.29, 0.717) is 24.5 Å². The van der Waals surface area contributed by atoms with Gasteiger partial charge in [-0.2, -0.15) is 0 Å². The molecular formula is C20H31N3O5. The van der Waals surface area contributed by atoms with Crippen LogP contribution in [-0.4, -0.2) is 53.8 Å². The van der Waals surface area contributed by atoms with Gasteiger partial charge in [0, 0.05) is 19.5 Å². The van der Waals surface area contributed by atoms with E-state index in [4.69, 9.17) is 4.74 Å². The maximum Gasteiger partial charge on any atom is 0.359 e. The first-order valence-electron chi connectivity index (χ1n) is 9.40. The zero-order chi connectivity index (χ0) is 21.3. The van der Waals surface area contributed by atoms with Gasteiger partial charge in [-0.25, -0.2) is 14.5 Å². The zero-order valence-electron chi connectivity index (χ0n) is 17.3. The van der Waals surface area contributed by atoms with Gasteiger partial charge in [0.05, 0.1) is 7.11 Å². The van der Waals surface area contributed by atoms with Crippen LogP contribution in [0.1, 0.15) is 39.2 Å². The Morgan fingerprint density at radius 3 is 2.21 bits per heavy atom. The van der Waals surface area contributed by atoms with Gasteiger partial charge in [-0.3, -0.25) is 10.0 Å². The van der Waals surface area contributed by atoms with Crippen LogP contribution in [0.5, 0.6) is 5.75 Å². The summed E-state index contributed by atoms with van der Waals surface area (Å²) in [6.45, 7) is 5.73. The van der Waals surface area contributed by atoms with E-state index in [1.165, 1.54) is 7.05 Å². The topological polar surface area (TPSA) is 99.2 Å². The molecule has 0 heterocycles. The maximum absolute atomic E-state index is 12.5. The number of hydrogen-bond donors (Lipinski definition) is 2. The average Bonchev–Trinajstić information content (AvgIpc) is 2.70. The number of ether oxygens (including phenoxy) is 1. The third-order valence-electron chi connectivity index (χ3n) is 4.46. The first-order valence-corrected chi connectivity index (χ1v) is 9.40. The quantitative estimate of drug-likeness (QED) is 0.521. The van der Waals surface area contributed by atoms with Crippen molar-refractivity contribution >= 4 is 18.0 Å². The summed E-state index contributed by atoms with van der Waals surface area (Å²) in [6.07, 6.45) is 1.71. The van der Waals surface area contributed by atoms with Crippen molar-refractivity contribution in [2.45, 2.75) is 40.0 Å². The molecule has 1 aromatic rings. The van der Waals surface area contributed by atoms with Gasteiger partial charge in [-0.15, -0.1) is 5.06 Å². The van der Waals surface area contributed by atoms with Gasteiger partial charge in [0.2, 0.25) is 0 Å². The molecule has 0 aliphatic heterocycles. The van der Waals surface area contributed by atoms with E-state index >= 15 is 0 Å². The first-order chi connectivity index (χ1) is 13.2. The summed E-state index contributed by atoms with van der Waals surface area (Å²) in [6, 6.07) is 5.44. The second-order valence-corrected chi connectivity index (χ2v) is 7.11. The molecule has 0 saturated heterocycles. The highest BCUT2D eigenvalue weighted by Crippen LogP contribution is 2.16. The molecule has 1 atom stereocenters. The lowest BCUT2D eigenvalue weighted by atomic mass is 9.99. The number of nitrogens with one attached hydrogen (secondary N) is 1. The molecule has 156 valence electrons. The van der Waals surface area contributed by atoms with Crippen LogP contribution in [0.15, 0.2) is 24.3 Å². The standard InChI is InChI=1S/C20H31N3O5/c1-14(2)6-7-15(3)18(24)23(27)20(26)22(19(25)21-4)13-12-16-8-10-17(28-5)11-9-16/h8-11,14-15,27H,6-7,12-13H2,1-5H3,(H,21,25)/t15-/m0/s1. The molecule has 1 rings (SSSR count). The number of benzene rings is 1. The van der Waals surface area contributed by atoms with E-state index in [1.54, 1.807) is 26.2 Å². The van der Waals surface area contributed by atoms with Crippen LogP contribution in [-0.2, 0) is 11.2 Å². The number of carbonyl (C=O) groups excluding carboxylic acids is 3. The third kappa shape index (κ3) is 6.84. The maximum atomic E-state index is 12.5. The van der Waals surface area contributed by atoms with Gasteiger partial charge in [-0.05, 0) is 36.5 Å². The Morgan fingerprint density at radius 1 is 1.11 bits per heavy atom. The average molecular weight is 393 g/mol. The van der Waals surface area contributed by atoms with Crippen molar-refractivity contribution in [3.05, 3.63) is 29.8 Å². The van der Waals surface area contributed by atoms with Crippen molar-refractivity contribution in [1.29, 1.82) is 0 Å². The molecule has 8 nitrogen and oxygen atoms in total. The Kier molecular flexibility index (Phi) is 9.44. The molecule has 0 aliphatic rings. The highest BCUT2D eigenvalue weighted by Gasteiger charge is 2.31. The van der Waals surface area contributed by atoms with Gasteiger partial charge < -0.3 is 10.1 Å². The zero-order valence-corrected chi connectivity index (χ0v) is 17.3. The minimum Gasteiger partial charge on any atom is -0.497 e. The Bertz CT molecular complexity index is 660. The number of nitrogens with zero attached hydrogens (tertiary/aromatic N) is 2. The van der Waals surface area contributed by atoms with E-state index in [1.807, 2.05) is 26.0 Å². The summed E-state index contributed by atoms with van der Waals surface area (Å²) >= 11 is 0. The predicted molar refractivity (Wildman–Crippen MR) is 105 cm³/mol. The summed E-state index contributed by atoms with van der Waals surface area (Å²) in [4.78, 5) is 37.8. The van der Waals surface area contributed by atoms with Gasteiger partial charge in [0.25, 0.3) is 5.91 Å². The summed E-state index contributed by atoms with van der Waals surface area (Å²) in [5, 5.41) is 12.5. The number of carbonyl (C=O) groups is 3. The monoisotopic (exact) mass is 393 g/mol. The molecule has 0 radical (unpaired) electrons. The Morgan fingerprint density at radius 2 is 1.71 bits per heavy atom. The molecule has 2 N–H and O–H groups in total. The molecule has 0 aromatic heterocycles. The van der Waals surface area contributed by atoms with Crippen molar-refractivity contribution in [1.82, 2.24) is 15.3 Å². The third-order valence-corrected chi connectivity index (χ3v) is 4.46. The van der Waals surface area contributed by atoms with E-state index in [-0.39, 0.29) is 11.6 Å². The largest absolute Gasteiger partial charge is 0.497 e. The Balaban J connectivity index is 2.79. The van der Waals surface area contributed by atoms with Crippen LogP contribution in [0, 0.1) is 11.8 Å². The second kappa shape index (κ2) is 11.3. The predicted octanol–water partition coefficient (Wildman–Crippen LogP) is 3.29. The highest BCUT2D eigenvalue weighted by atomic mass is 16.5. The van der Waals surface area contributed by atoms with Crippen molar-refractivity contribution < 1.29 is 24.3 Å². The minimum absolute atomic E-state index is 0.00947. The molecule has 28 heavy (non-hydrogen) atoms. The van der Waals surface area contributed by atoms with Crippen LogP contribution in [0.4, 0.5) is 9.59 Å². The summed E-state index contributed by atoms with van der Waals surface area (Å²) in [5.41, 5.74) is 0.878. The molecule has 0 bridgehead atoms. The molecule has 0 fully saturated rings. The van der Waals surface area contributed by atoms with Crippen LogP contribution in [0.2, 0.25) is 0 Å². The molecule has 0 unspecified atom stereocenters. The molecular weight excluding hydrogens is 362 g/mol. The lowest BCUT2D eigenvalue weighted by Gasteiger charge is -2.25. The molecule has 0 aliphatic carbocycles. The fraction of sp³-hybridized carbons (Fsp3) is 0.550. The number of hydroxylamine groups is 2. The smallest absolute Gasteiger partial charge is 0.359 e. The van der Waals surface area contributed by atoms with Gasteiger partial charge in [-0.1, -0.05) is 39.3 Å². The lowest BCUT2D eigenvalue weighted by molar-refractivity contribution is -0.158. The number of hydrogen-bond acceptors (Lipinski definition) is 5. The summed E-state index contributed by atoms with van der Waals surface area (Å²) in [5.74, 6) is -0.135. The fourth-order valence-electron chi connectivity index (χ4n) is 2.58. The number of methoxy groups -OCH3 is 1. The lowest BCUT2D eigenvalue weighted by Crippen LogP contribution is -2.51. The number of amides is 5. The van der Waals surface area contributed by atoms with Gasteiger partial charge in [0.1, 0.15) is 5.75 Å². The SMILES string of the molecule is CNC(=O)N(CCc1ccc(OC)cc1)C(=O)N(O)C(=O)[C@@H](C)CCC(C)C. The van der Waals surface area contributed by atoms with Crippen molar-refractivity contribution in [3.8, 4) is 5.75 Å². The van der Waals surface area contributed by atoms with E-state index < -0.39 is 23.9 Å². The first kappa shape index (κ1) is 23.4. The number of urea groups is 2. The Hall–Kier alpha value is -2.61. The molecule has 1 aromatic carbocycles. The highest BCUT2D eigenvalue weighted by molar-refractivity contribution is 6.01. The van der Waals surface area contributed by atoms with Crippen LogP contribution < -0.4 is 10.1 Å².